The number of nitrogens with two attached hydrogens (primary N) is 1. The Morgan fingerprint density at radius 2 is 1.59 bits per heavy atom. The Hall–Kier alpha value is -2.11. The smallest absolute Gasteiger partial charge is 0.0508 e. The van der Waals surface area contributed by atoms with Crippen LogP contribution >= 0.6 is 22.6 Å². The molecule has 1 aromatic heterocycles. The number of aromatic nitrogens is 1. The van der Waals surface area contributed by atoms with Crippen LogP contribution in [-0.4, -0.2) is 11.5 Å². The van der Waals surface area contributed by atoms with Gasteiger partial charge in [-0.1, -0.05) is 54.6 Å². The van der Waals surface area contributed by atoms with E-state index in [0.29, 0.717) is 0 Å². The van der Waals surface area contributed by atoms with E-state index >= 15 is 0 Å². The zero-order chi connectivity index (χ0) is 18.6. The first-order chi connectivity index (χ1) is 13.3. The summed E-state index contributed by atoms with van der Waals surface area (Å²) in [6.07, 6.45) is 3.20. The van der Waals surface area contributed by atoms with Crippen molar-refractivity contribution in [1.82, 2.24) is 4.98 Å². The Kier molecular flexibility index (Phi) is 5.60. The van der Waals surface area contributed by atoms with E-state index in [2.05, 4.69) is 100 Å². The van der Waals surface area contributed by atoms with Gasteiger partial charge in [0.15, 0.2) is 0 Å². The van der Waals surface area contributed by atoms with Gasteiger partial charge >= 0.3 is 0 Å². The molecule has 136 valence electrons. The summed E-state index contributed by atoms with van der Waals surface area (Å²) in [5, 5.41) is 1.32. The van der Waals surface area contributed by atoms with E-state index in [0.717, 1.165) is 25.8 Å². The third-order valence-corrected chi connectivity index (χ3v) is 5.98. The average molecular weight is 466 g/mol. The molecule has 0 aliphatic carbocycles. The summed E-state index contributed by atoms with van der Waals surface area (Å²) in [5.74, 6) is 0. The second-order valence-corrected chi connectivity index (χ2v) is 7.99. The molecule has 3 aromatic carbocycles. The number of H-pyrrole nitrogens is 1. The van der Waals surface area contributed by atoms with Crippen molar-refractivity contribution in [3.05, 3.63) is 81.9 Å². The van der Waals surface area contributed by atoms with Gasteiger partial charge in [-0.2, -0.15) is 0 Å². The summed E-state index contributed by atoms with van der Waals surface area (Å²) in [7, 11) is 0. The van der Waals surface area contributed by atoms with Crippen molar-refractivity contribution in [2.24, 2.45) is 5.73 Å². The van der Waals surface area contributed by atoms with E-state index in [1.165, 1.54) is 42.4 Å². The van der Waals surface area contributed by atoms with Gasteiger partial charge in [-0.15, -0.1) is 0 Å². The number of unbranched alkanes of at least 4 members (excludes halogenated alkanes) is 1. The Morgan fingerprint density at radius 3 is 2.37 bits per heavy atom. The average Bonchev–Trinajstić information content (AvgIpc) is 3.07. The van der Waals surface area contributed by atoms with E-state index in [-0.39, 0.29) is 0 Å². The molecule has 0 amide bonds. The van der Waals surface area contributed by atoms with Gasteiger partial charge in [0.1, 0.15) is 0 Å². The number of aryl methyl sites for hydroxylation is 1. The topological polar surface area (TPSA) is 41.8 Å². The molecule has 2 nitrogen and oxygen atoms in total. The Labute approximate surface area is 173 Å². The summed E-state index contributed by atoms with van der Waals surface area (Å²) in [5.41, 5.74) is 13.4. The standard InChI is InChI=1S/C24H23IN2/c25-22-12-5-4-11-20(22)24-19(10-6-7-15-26)21-16-18(13-14-23(21)27-24)17-8-2-1-3-9-17/h1-5,8-9,11-14,16,27H,6-7,10,15,26H2. The minimum atomic E-state index is 0.746. The molecule has 1 heterocycles. The molecule has 3 heteroatoms. The molecule has 0 bridgehead atoms. The zero-order valence-electron chi connectivity index (χ0n) is 15.2. The quantitative estimate of drug-likeness (QED) is 0.251. The molecule has 3 N–H and O–H groups in total. The van der Waals surface area contributed by atoms with E-state index < -0.39 is 0 Å². The minimum absolute atomic E-state index is 0.746. The number of halogens is 1. The number of fused-ring (bicyclic) bond motifs is 1. The molecule has 0 saturated carbocycles. The summed E-state index contributed by atoms with van der Waals surface area (Å²) in [6, 6.07) is 25.9. The van der Waals surface area contributed by atoms with Crippen molar-refractivity contribution in [3.8, 4) is 22.4 Å². The van der Waals surface area contributed by atoms with Crippen LogP contribution in [0.3, 0.4) is 0 Å². The maximum absolute atomic E-state index is 5.75. The van der Waals surface area contributed by atoms with Crippen LogP contribution in [0.4, 0.5) is 0 Å². The van der Waals surface area contributed by atoms with Gasteiger partial charge in [0.05, 0.1) is 5.69 Å². The predicted octanol–water partition coefficient (Wildman–Crippen LogP) is 6.39. The number of aromatic amines is 1. The van der Waals surface area contributed by atoms with Crippen LogP contribution in [0, 0.1) is 3.57 Å². The minimum Gasteiger partial charge on any atom is -0.354 e. The summed E-state index contributed by atoms with van der Waals surface area (Å²) in [6.45, 7) is 0.746. The fourth-order valence-electron chi connectivity index (χ4n) is 3.66. The van der Waals surface area contributed by atoms with Crippen LogP contribution in [0.2, 0.25) is 0 Å². The van der Waals surface area contributed by atoms with E-state index in [1.54, 1.807) is 0 Å². The number of benzene rings is 3. The van der Waals surface area contributed by atoms with E-state index in [1.807, 2.05) is 0 Å². The van der Waals surface area contributed by atoms with Crippen LogP contribution in [-0.2, 0) is 6.42 Å². The Balaban J connectivity index is 1.87. The second kappa shape index (κ2) is 8.28. The van der Waals surface area contributed by atoms with Gasteiger partial charge in [0, 0.05) is 20.0 Å². The molecule has 27 heavy (non-hydrogen) atoms. The first-order valence-electron chi connectivity index (χ1n) is 9.43. The highest BCUT2D eigenvalue weighted by atomic mass is 127. The van der Waals surface area contributed by atoms with Crippen LogP contribution in [0.1, 0.15) is 18.4 Å². The molecule has 0 fully saturated rings. The molecule has 0 atom stereocenters. The SMILES string of the molecule is NCCCCc1c(-c2ccccc2I)[nH]c2ccc(-c3ccccc3)cc12. The third-order valence-electron chi connectivity index (χ3n) is 5.04. The molecular weight excluding hydrogens is 443 g/mol. The van der Waals surface area contributed by atoms with E-state index in [4.69, 9.17) is 5.73 Å². The van der Waals surface area contributed by atoms with Gasteiger partial charge in [-0.3, -0.25) is 0 Å². The lowest BCUT2D eigenvalue weighted by Gasteiger charge is -2.08. The van der Waals surface area contributed by atoms with Crippen molar-refractivity contribution < 1.29 is 0 Å². The highest BCUT2D eigenvalue weighted by Crippen LogP contribution is 2.35. The predicted molar refractivity (Wildman–Crippen MR) is 124 cm³/mol. The monoisotopic (exact) mass is 466 g/mol. The Morgan fingerprint density at radius 1 is 0.815 bits per heavy atom. The van der Waals surface area contributed by atoms with Crippen LogP contribution in [0.25, 0.3) is 33.3 Å². The zero-order valence-corrected chi connectivity index (χ0v) is 17.4. The fraction of sp³-hybridized carbons (Fsp3) is 0.167. The van der Waals surface area contributed by atoms with Gasteiger partial charge in [-0.05, 0) is 83.3 Å². The second-order valence-electron chi connectivity index (χ2n) is 6.83. The molecule has 0 radical (unpaired) electrons. The van der Waals surface area contributed by atoms with Gasteiger partial charge < -0.3 is 10.7 Å². The van der Waals surface area contributed by atoms with Gasteiger partial charge in [-0.25, -0.2) is 0 Å². The number of rotatable bonds is 6. The van der Waals surface area contributed by atoms with Crippen molar-refractivity contribution in [2.75, 3.05) is 6.54 Å². The molecule has 0 spiro atoms. The molecular formula is C24H23IN2. The molecule has 4 rings (SSSR count). The maximum Gasteiger partial charge on any atom is 0.0508 e. The highest BCUT2D eigenvalue weighted by Gasteiger charge is 2.15. The van der Waals surface area contributed by atoms with Crippen molar-refractivity contribution in [3.63, 3.8) is 0 Å². The number of hydrogen-bond donors (Lipinski definition) is 2. The van der Waals surface area contributed by atoms with Crippen LogP contribution in [0.15, 0.2) is 72.8 Å². The first kappa shape index (κ1) is 18.3. The van der Waals surface area contributed by atoms with Crippen molar-refractivity contribution >= 4 is 33.5 Å². The first-order valence-corrected chi connectivity index (χ1v) is 10.5. The molecule has 0 unspecified atom stereocenters. The molecule has 0 aliphatic heterocycles. The largest absolute Gasteiger partial charge is 0.354 e. The maximum atomic E-state index is 5.75. The van der Waals surface area contributed by atoms with Crippen molar-refractivity contribution in [1.29, 1.82) is 0 Å². The lowest BCUT2D eigenvalue weighted by atomic mass is 9.97. The fourth-order valence-corrected chi connectivity index (χ4v) is 4.31. The van der Waals surface area contributed by atoms with Gasteiger partial charge in [0.2, 0.25) is 0 Å². The highest BCUT2D eigenvalue weighted by molar-refractivity contribution is 14.1. The van der Waals surface area contributed by atoms with Crippen LogP contribution < -0.4 is 5.73 Å². The van der Waals surface area contributed by atoms with Crippen LogP contribution in [0.5, 0.6) is 0 Å². The lowest BCUT2D eigenvalue weighted by molar-refractivity contribution is 0.748. The summed E-state index contributed by atoms with van der Waals surface area (Å²) in [4.78, 5) is 3.69. The third kappa shape index (κ3) is 3.80. The van der Waals surface area contributed by atoms with Crippen molar-refractivity contribution in [2.45, 2.75) is 19.3 Å². The number of hydrogen-bond acceptors (Lipinski definition) is 1. The van der Waals surface area contributed by atoms with E-state index in [9.17, 15) is 0 Å². The Bertz CT molecular complexity index is 1050. The lowest BCUT2D eigenvalue weighted by Crippen LogP contribution is -1.99. The molecule has 4 aromatic rings. The summed E-state index contributed by atoms with van der Waals surface area (Å²) < 4.78 is 1.27. The molecule has 0 aliphatic rings. The number of nitrogens with one attached hydrogen (secondary N) is 1. The summed E-state index contributed by atoms with van der Waals surface area (Å²) >= 11 is 2.43. The normalized spacial score (nSPS) is 11.2. The molecule has 0 saturated heterocycles. The van der Waals surface area contributed by atoms with Gasteiger partial charge in [0.25, 0.3) is 0 Å².